The Labute approximate surface area is 156 Å². The zero-order valence-corrected chi connectivity index (χ0v) is 15.2. The molecule has 1 aromatic heterocycles. The van der Waals surface area contributed by atoms with Crippen molar-refractivity contribution in [3.8, 4) is 0 Å². The first-order valence-corrected chi connectivity index (χ1v) is 9.48. The SMILES string of the molecule is CC(O)C(=O)[N+]1([C@@H]2O[C@H](COP(=O)(O)O)[C@@H](O)[C@H]2O)C=Nc2c1nc[nH]c2=O. The fraction of sp³-hybridized carbons (Fsp3) is 0.538. The second-order valence-electron chi connectivity index (χ2n) is 6.27. The first kappa shape index (κ1) is 20.9. The second kappa shape index (κ2) is 7.18. The van der Waals surface area contributed by atoms with Gasteiger partial charge in [-0.2, -0.15) is 9.98 Å². The first-order chi connectivity index (χ1) is 13.0. The molecule has 14 nitrogen and oxygen atoms in total. The van der Waals surface area contributed by atoms with Gasteiger partial charge in [-0.25, -0.2) is 9.36 Å². The minimum Gasteiger partial charge on any atom is -0.387 e. The van der Waals surface area contributed by atoms with Crippen LogP contribution >= 0.6 is 7.82 Å². The monoisotopic (exact) mass is 421 g/mol. The number of carbonyl (C=O) groups is 1. The van der Waals surface area contributed by atoms with E-state index in [0.717, 1.165) is 19.6 Å². The third kappa shape index (κ3) is 3.34. The van der Waals surface area contributed by atoms with Crippen molar-refractivity contribution >= 4 is 31.6 Å². The number of hydrogen-bond acceptors (Lipinski definition) is 10. The Kier molecular flexibility index (Phi) is 5.35. The van der Waals surface area contributed by atoms with E-state index in [-0.39, 0.29) is 11.5 Å². The van der Waals surface area contributed by atoms with Crippen molar-refractivity contribution in [2.75, 3.05) is 6.61 Å². The Hall–Kier alpha value is -1.87. The van der Waals surface area contributed by atoms with Crippen molar-refractivity contribution in [2.24, 2.45) is 4.99 Å². The van der Waals surface area contributed by atoms with E-state index in [4.69, 9.17) is 14.5 Å². The summed E-state index contributed by atoms with van der Waals surface area (Å²) >= 11 is 0. The van der Waals surface area contributed by atoms with Gasteiger partial charge in [0.15, 0.2) is 12.2 Å². The number of aromatic amines is 1. The topological polar surface area (TPSA) is 212 Å². The summed E-state index contributed by atoms with van der Waals surface area (Å²) in [5, 5.41) is 30.5. The predicted molar refractivity (Wildman–Crippen MR) is 90.2 cm³/mol. The third-order valence-electron chi connectivity index (χ3n) is 4.40. The molecule has 1 aromatic rings. The highest BCUT2D eigenvalue weighted by Gasteiger charge is 2.62. The van der Waals surface area contributed by atoms with Crippen molar-refractivity contribution in [1.29, 1.82) is 0 Å². The molecule has 0 spiro atoms. The number of rotatable bonds is 5. The van der Waals surface area contributed by atoms with Crippen molar-refractivity contribution in [2.45, 2.75) is 37.6 Å². The van der Waals surface area contributed by atoms with Crippen LogP contribution in [0.3, 0.4) is 0 Å². The number of phosphoric ester groups is 1. The summed E-state index contributed by atoms with van der Waals surface area (Å²) in [6.07, 6.45) is -6.19. The van der Waals surface area contributed by atoms with Gasteiger partial charge in [0.25, 0.3) is 11.4 Å². The molecule has 2 aliphatic heterocycles. The van der Waals surface area contributed by atoms with Crippen molar-refractivity contribution in [1.82, 2.24) is 14.5 Å². The smallest absolute Gasteiger partial charge is 0.387 e. The van der Waals surface area contributed by atoms with Crippen LogP contribution in [0, 0.1) is 0 Å². The van der Waals surface area contributed by atoms with E-state index < -0.39 is 61.0 Å². The van der Waals surface area contributed by atoms with Gasteiger partial charge >= 0.3 is 13.7 Å². The van der Waals surface area contributed by atoms with E-state index in [1.165, 1.54) is 0 Å². The minimum atomic E-state index is -4.89. The number of aliphatic hydroxyl groups excluding tert-OH is 3. The van der Waals surface area contributed by atoms with Gasteiger partial charge in [0.05, 0.1) is 6.61 Å². The maximum absolute atomic E-state index is 12.9. The molecule has 6 N–H and O–H groups in total. The van der Waals surface area contributed by atoms with Crippen LogP contribution in [-0.4, -0.2) is 84.6 Å². The summed E-state index contributed by atoms with van der Waals surface area (Å²) in [7, 11) is -4.89. The lowest BCUT2D eigenvalue weighted by Crippen LogP contribution is -2.65. The molecule has 2 aliphatic rings. The summed E-state index contributed by atoms with van der Waals surface area (Å²) in [6, 6.07) is 0. The molecule has 1 fully saturated rings. The number of amides is 1. The molecular weight excluding hydrogens is 403 g/mol. The average molecular weight is 421 g/mol. The summed E-state index contributed by atoms with van der Waals surface area (Å²) in [5.74, 6) is -1.21. The van der Waals surface area contributed by atoms with E-state index >= 15 is 0 Å². The van der Waals surface area contributed by atoms with Crippen LogP contribution < -0.4 is 10.0 Å². The number of nitrogens with one attached hydrogen (secondary N) is 1. The molecule has 3 rings (SSSR count). The Balaban J connectivity index is 2.04. The van der Waals surface area contributed by atoms with Gasteiger partial charge in [-0.05, 0) is 6.92 Å². The molecule has 0 aromatic carbocycles. The summed E-state index contributed by atoms with van der Waals surface area (Å²) in [6.45, 7) is 0.349. The fourth-order valence-electron chi connectivity index (χ4n) is 3.13. The van der Waals surface area contributed by atoms with Gasteiger partial charge in [-0.3, -0.25) is 9.32 Å². The lowest BCUT2D eigenvalue weighted by molar-refractivity contribution is -0.148. The van der Waals surface area contributed by atoms with E-state index in [0.29, 0.717) is 0 Å². The van der Waals surface area contributed by atoms with Gasteiger partial charge in [0, 0.05) is 0 Å². The molecule has 154 valence electrons. The van der Waals surface area contributed by atoms with Crippen LogP contribution in [0.25, 0.3) is 0 Å². The summed E-state index contributed by atoms with van der Waals surface area (Å²) in [5.41, 5.74) is -0.939. The highest BCUT2D eigenvalue weighted by molar-refractivity contribution is 7.46. The largest absolute Gasteiger partial charge is 0.469 e. The highest BCUT2D eigenvalue weighted by atomic mass is 31.2. The van der Waals surface area contributed by atoms with Crippen molar-refractivity contribution < 1.29 is 43.7 Å². The lowest BCUT2D eigenvalue weighted by Gasteiger charge is -2.33. The number of nitrogens with zero attached hydrogens (tertiary/aromatic N) is 3. The van der Waals surface area contributed by atoms with Crippen LogP contribution in [-0.2, 0) is 18.6 Å². The van der Waals surface area contributed by atoms with Crippen LogP contribution in [0.1, 0.15) is 6.92 Å². The number of aromatic nitrogens is 2. The first-order valence-electron chi connectivity index (χ1n) is 7.95. The van der Waals surface area contributed by atoms with Crippen LogP contribution in [0.5, 0.6) is 0 Å². The van der Waals surface area contributed by atoms with Crippen molar-refractivity contribution in [3.05, 3.63) is 16.7 Å². The zero-order chi connectivity index (χ0) is 20.9. The van der Waals surface area contributed by atoms with Gasteiger partial charge in [-0.15, -0.1) is 4.48 Å². The maximum atomic E-state index is 12.9. The van der Waals surface area contributed by atoms with Gasteiger partial charge in [0.2, 0.25) is 18.3 Å². The maximum Gasteiger partial charge on any atom is 0.469 e. The highest BCUT2D eigenvalue weighted by Crippen LogP contribution is 2.42. The molecule has 3 heterocycles. The third-order valence-corrected chi connectivity index (χ3v) is 4.88. The molecule has 28 heavy (non-hydrogen) atoms. The van der Waals surface area contributed by atoms with Crippen LogP contribution in [0.15, 0.2) is 16.1 Å². The van der Waals surface area contributed by atoms with E-state index in [1.54, 1.807) is 0 Å². The molecule has 0 radical (unpaired) electrons. The van der Waals surface area contributed by atoms with Gasteiger partial charge < -0.3 is 34.8 Å². The number of ether oxygens (including phenoxy) is 1. The van der Waals surface area contributed by atoms with Crippen LogP contribution in [0.2, 0.25) is 0 Å². The number of phosphoric acid groups is 1. The van der Waals surface area contributed by atoms with E-state index in [9.17, 15) is 29.5 Å². The van der Waals surface area contributed by atoms with Gasteiger partial charge in [-0.1, -0.05) is 0 Å². The number of quaternary nitrogens is 1. The molecule has 1 amide bonds. The number of carbonyl (C=O) groups excluding carboxylic acids is 1. The quantitative estimate of drug-likeness (QED) is 0.211. The van der Waals surface area contributed by atoms with Gasteiger partial charge in [0.1, 0.15) is 18.5 Å². The standard InChI is InChI=1S/C13H17N4O10P/c1-5(18)12(22)17(4-16-7-10(17)14-3-15-11(7)21)13-9(20)8(19)6(27-13)2-26-28(23,24)25/h3-6,8-9,13,18-20H,2H2,1H3,(H2-,14,15,21,23,24,25)/p+1/t5?,6-,8-,9-,13-,17?/m1/s1. The number of aliphatic imine (C=N–C) groups is 1. The Morgan fingerprint density at radius 2 is 2.11 bits per heavy atom. The van der Waals surface area contributed by atoms with E-state index in [1.807, 2.05) is 0 Å². The predicted octanol–water partition coefficient (Wildman–Crippen LogP) is -2.79. The Morgan fingerprint density at radius 1 is 1.43 bits per heavy atom. The summed E-state index contributed by atoms with van der Waals surface area (Å²) in [4.78, 5) is 52.5. The van der Waals surface area contributed by atoms with Crippen molar-refractivity contribution in [3.63, 3.8) is 0 Å². The average Bonchev–Trinajstić information content (AvgIpc) is 3.13. The second-order valence-corrected chi connectivity index (χ2v) is 7.51. The molecule has 15 heteroatoms. The van der Waals surface area contributed by atoms with Crippen LogP contribution in [0.4, 0.5) is 11.5 Å². The molecule has 2 unspecified atom stereocenters. The molecular formula is C13H18N4O10P+. The molecule has 0 aliphatic carbocycles. The number of aliphatic hydroxyl groups is 3. The number of H-pyrrole nitrogens is 1. The normalized spacial score (nSPS) is 33.1. The number of fused-ring (bicyclic) bond motifs is 1. The Bertz CT molecular complexity index is 913. The number of hydrogen-bond donors (Lipinski definition) is 6. The fourth-order valence-corrected chi connectivity index (χ4v) is 3.47. The Morgan fingerprint density at radius 3 is 2.71 bits per heavy atom. The minimum absolute atomic E-state index is 0.248. The summed E-state index contributed by atoms with van der Waals surface area (Å²) < 4.78 is 19.5. The molecule has 6 atom stereocenters. The van der Waals surface area contributed by atoms with E-state index in [2.05, 4.69) is 19.5 Å². The molecule has 0 saturated carbocycles. The lowest BCUT2D eigenvalue weighted by atomic mass is 10.1. The molecule has 1 saturated heterocycles. The molecule has 0 bridgehead atoms. The zero-order valence-electron chi connectivity index (χ0n) is 14.3.